The molecular weight excluding hydrogens is 274 g/mol. The van der Waals surface area contributed by atoms with E-state index in [0.717, 1.165) is 0 Å². The molecule has 0 aliphatic carbocycles. The Morgan fingerprint density at radius 1 is 1.24 bits per heavy atom. The van der Waals surface area contributed by atoms with Crippen molar-refractivity contribution in [3.05, 3.63) is 36.9 Å². The molecule has 0 aliphatic rings. The van der Waals surface area contributed by atoms with E-state index in [1.165, 1.54) is 11.0 Å². The second-order valence-electron chi connectivity index (χ2n) is 4.23. The van der Waals surface area contributed by atoms with Gasteiger partial charge in [-0.1, -0.05) is 6.08 Å². The first-order valence-corrected chi connectivity index (χ1v) is 6.53. The highest BCUT2D eigenvalue weighted by Crippen LogP contribution is 2.17. The predicted octanol–water partition coefficient (Wildman–Crippen LogP) is 1.56. The monoisotopic (exact) mass is 293 g/mol. The van der Waals surface area contributed by atoms with Crippen molar-refractivity contribution in [1.82, 2.24) is 4.90 Å². The first-order chi connectivity index (χ1) is 10.0. The van der Waals surface area contributed by atoms with Crippen LogP contribution >= 0.6 is 0 Å². The van der Waals surface area contributed by atoms with Crippen molar-refractivity contribution in [2.75, 3.05) is 26.2 Å². The van der Waals surface area contributed by atoms with Gasteiger partial charge in [-0.05, 0) is 31.2 Å². The van der Waals surface area contributed by atoms with E-state index in [1.807, 2.05) is 6.92 Å². The van der Waals surface area contributed by atoms with Crippen LogP contribution in [0.5, 0.6) is 11.5 Å². The van der Waals surface area contributed by atoms with E-state index in [-0.39, 0.29) is 13.1 Å². The summed E-state index contributed by atoms with van der Waals surface area (Å²) in [6, 6.07) is 6.64. The minimum Gasteiger partial charge on any atom is -0.494 e. The van der Waals surface area contributed by atoms with Crippen LogP contribution in [-0.2, 0) is 9.59 Å². The van der Waals surface area contributed by atoms with Crippen molar-refractivity contribution in [1.29, 1.82) is 0 Å². The van der Waals surface area contributed by atoms with E-state index in [1.54, 1.807) is 24.3 Å². The molecule has 0 amide bonds. The fourth-order valence-corrected chi connectivity index (χ4v) is 1.68. The summed E-state index contributed by atoms with van der Waals surface area (Å²) >= 11 is 0. The minimum absolute atomic E-state index is 0.120. The van der Waals surface area contributed by atoms with Crippen LogP contribution in [0.15, 0.2) is 36.9 Å². The summed E-state index contributed by atoms with van der Waals surface area (Å²) in [5.41, 5.74) is 0. The van der Waals surface area contributed by atoms with E-state index in [9.17, 15) is 9.59 Å². The second kappa shape index (κ2) is 8.76. The Labute approximate surface area is 123 Å². The number of ether oxygens (including phenoxy) is 2. The number of benzene rings is 1. The molecule has 0 spiro atoms. The number of esters is 1. The number of aliphatic carboxylic acids is 1. The molecule has 1 aromatic rings. The zero-order valence-electron chi connectivity index (χ0n) is 11.9. The normalized spacial score (nSPS) is 10.2. The van der Waals surface area contributed by atoms with Gasteiger partial charge in [-0.15, -0.1) is 6.58 Å². The molecule has 0 aliphatic heterocycles. The summed E-state index contributed by atoms with van der Waals surface area (Å²) in [5.74, 6) is -0.457. The van der Waals surface area contributed by atoms with Crippen molar-refractivity contribution in [2.24, 2.45) is 0 Å². The van der Waals surface area contributed by atoms with E-state index in [0.29, 0.717) is 24.7 Å². The molecule has 1 rings (SSSR count). The molecule has 1 N–H and O–H groups in total. The number of hydrogen-bond acceptors (Lipinski definition) is 5. The summed E-state index contributed by atoms with van der Waals surface area (Å²) in [7, 11) is 0. The van der Waals surface area contributed by atoms with Gasteiger partial charge in [0.05, 0.1) is 19.7 Å². The molecule has 0 heterocycles. The first kappa shape index (κ1) is 16.7. The van der Waals surface area contributed by atoms with Gasteiger partial charge < -0.3 is 14.6 Å². The smallest absolute Gasteiger partial charge is 0.325 e. The Bertz CT molecular complexity index is 483. The molecule has 0 atom stereocenters. The predicted molar refractivity (Wildman–Crippen MR) is 77.5 cm³/mol. The number of carbonyl (C=O) groups excluding carboxylic acids is 1. The molecule has 0 saturated heterocycles. The van der Waals surface area contributed by atoms with Crippen molar-refractivity contribution in [2.45, 2.75) is 6.92 Å². The maximum atomic E-state index is 11.8. The first-order valence-electron chi connectivity index (χ1n) is 6.53. The van der Waals surface area contributed by atoms with Gasteiger partial charge in [0.1, 0.15) is 11.5 Å². The molecule has 0 saturated carbocycles. The van der Waals surface area contributed by atoms with Crippen molar-refractivity contribution < 1.29 is 24.2 Å². The van der Waals surface area contributed by atoms with Gasteiger partial charge >= 0.3 is 11.9 Å². The van der Waals surface area contributed by atoms with Gasteiger partial charge in [0.2, 0.25) is 0 Å². The van der Waals surface area contributed by atoms with Crippen molar-refractivity contribution in [3.63, 3.8) is 0 Å². The lowest BCUT2D eigenvalue weighted by molar-refractivity contribution is -0.140. The van der Waals surface area contributed by atoms with Crippen LogP contribution in [0.2, 0.25) is 0 Å². The van der Waals surface area contributed by atoms with Crippen LogP contribution in [0.3, 0.4) is 0 Å². The summed E-state index contributed by atoms with van der Waals surface area (Å²) in [6.07, 6.45) is 1.53. The topological polar surface area (TPSA) is 76.1 Å². The number of rotatable bonds is 9. The highest BCUT2D eigenvalue weighted by Gasteiger charge is 2.14. The summed E-state index contributed by atoms with van der Waals surface area (Å²) < 4.78 is 10.4. The van der Waals surface area contributed by atoms with Crippen molar-refractivity contribution in [3.8, 4) is 11.5 Å². The average Bonchev–Trinajstić information content (AvgIpc) is 2.40. The third kappa shape index (κ3) is 6.58. The number of nitrogens with zero attached hydrogens (tertiary/aromatic N) is 1. The zero-order valence-corrected chi connectivity index (χ0v) is 11.9. The van der Waals surface area contributed by atoms with E-state index in [4.69, 9.17) is 14.6 Å². The number of carboxylic acid groups (broad SMARTS) is 1. The Morgan fingerprint density at radius 2 is 1.86 bits per heavy atom. The summed E-state index contributed by atoms with van der Waals surface area (Å²) in [6.45, 7) is 5.90. The quantitative estimate of drug-likeness (QED) is 0.423. The number of carbonyl (C=O) groups is 2. The SMILES string of the molecule is C=CCN(CC(=O)O)CC(=O)Oc1ccc(OCC)cc1. The molecule has 6 heteroatoms. The molecular formula is C15H19NO5. The average molecular weight is 293 g/mol. The lowest BCUT2D eigenvalue weighted by Gasteiger charge is -2.17. The summed E-state index contributed by atoms with van der Waals surface area (Å²) in [4.78, 5) is 23.9. The number of hydrogen-bond donors (Lipinski definition) is 1. The standard InChI is InChI=1S/C15H19NO5/c1-3-9-16(10-14(17)18)11-15(19)21-13-7-5-12(6-8-13)20-4-2/h3,5-8H,1,4,9-11H2,2H3,(H,17,18). The highest BCUT2D eigenvalue weighted by atomic mass is 16.5. The highest BCUT2D eigenvalue weighted by molar-refractivity contribution is 5.76. The zero-order chi connectivity index (χ0) is 15.7. The Morgan fingerprint density at radius 3 is 2.38 bits per heavy atom. The van der Waals surface area contributed by atoms with Crippen LogP contribution in [-0.4, -0.2) is 48.2 Å². The van der Waals surface area contributed by atoms with E-state index < -0.39 is 11.9 Å². The van der Waals surface area contributed by atoms with E-state index in [2.05, 4.69) is 6.58 Å². The van der Waals surface area contributed by atoms with Crippen LogP contribution in [0.1, 0.15) is 6.92 Å². The van der Waals surface area contributed by atoms with Crippen LogP contribution in [0.4, 0.5) is 0 Å². The maximum absolute atomic E-state index is 11.8. The van der Waals surface area contributed by atoms with Gasteiger partial charge in [0.25, 0.3) is 0 Å². The molecule has 0 bridgehead atoms. The van der Waals surface area contributed by atoms with Crippen LogP contribution in [0, 0.1) is 0 Å². The van der Waals surface area contributed by atoms with E-state index >= 15 is 0 Å². The molecule has 6 nitrogen and oxygen atoms in total. The fraction of sp³-hybridized carbons (Fsp3) is 0.333. The minimum atomic E-state index is -1.01. The maximum Gasteiger partial charge on any atom is 0.325 e. The molecule has 0 unspecified atom stereocenters. The Kier molecular flexibility index (Phi) is 6.97. The van der Waals surface area contributed by atoms with Crippen LogP contribution in [0.25, 0.3) is 0 Å². The lowest BCUT2D eigenvalue weighted by atomic mass is 10.3. The third-order valence-corrected chi connectivity index (χ3v) is 2.47. The molecule has 0 radical (unpaired) electrons. The Balaban J connectivity index is 2.54. The van der Waals surface area contributed by atoms with Gasteiger partial charge in [-0.2, -0.15) is 0 Å². The van der Waals surface area contributed by atoms with Gasteiger partial charge in [0, 0.05) is 6.54 Å². The Hall–Kier alpha value is -2.34. The summed E-state index contributed by atoms with van der Waals surface area (Å²) in [5, 5.41) is 8.75. The molecule has 0 aromatic heterocycles. The molecule has 114 valence electrons. The van der Waals surface area contributed by atoms with Gasteiger partial charge in [-0.25, -0.2) is 0 Å². The van der Waals surface area contributed by atoms with Crippen molar-refractivity contribution >= 4 is 11.9 Å². The molecule has 21 heavy (non-hydrogen) atoms. The lowest BCUT2D eigenvalue weighted by Crippen LogP contribution is -2.36. The second-order valence-corrected chi connectivity index (χ2v) is 4.23. The molecule has 0 fully saturated rings. The fourth-order valence-electron chi connectivity index (χ4n) is 1.68. The number of carboxylic acids is 1. The van der Waals surface area contributed by atoms with Gasteiger partial charge in [0.15, 0.2) is 0 Å². The molecule has 1 aromatic carbocycles. The largest absolute Gasteiger partial charge is 0.494 e. The van der Waals surface area contributed by atoms with Crippen LogP contribution < -0.4 is 9.47 Å². The third-order valence-electron chi connectivity index (χ3n) is 2.47. The van der Waals surface area contributed by atoms with Gasteiger partial charge in [-0.3, -0.25) is 14.5 Å².